The maximum absolute atomic E-state index is 13.3. The Morgan fingerprint density at radius 1 is 0.889 bits per heavy atom. The Morgan fingerprint density at radius 3 is 2.15 bits per heavy atom. The van der Waals surface area contributed by atoms with Gasteiger partial charge in [-0.1, -0.05) is 60.7 Å². The van der Waals surface area contributed by atoms with Crippen molar-refractivity contribution in [2.45, 2.75) is 12.6 Å². The van der Waals surface area contributed by atoms with Gasteiger partial charge in [0.1, 0.15) is 5.75 Å². The number of nitrogens with zero attached hydrogens (tertiary/aromatic N) is 2. The minimum atomic E-state index is -0.0178. The Bertz CT molecular complexity index is 895. The Labute approximate surface area is 159 Å². The van der Waals surface area contributed by atoms with Crippen LogP contribution in [0.25, 0.3) is 0 Å². The van der Waals surface area contributed by atoms with Crippen LogP contribution in [0.1, 0.15) is 17.2 Å². The van der Waals surface area contributed by atoms with Crippen LogP contribution in [0.3, 0.4) is 0 Å². The van der Waals surface area contributed by atoms with Crippen LogP contribution in [0.4, 0.5) is 10.5 Å². The quantitative estimate of drug-likeness (QED) is 0.651. The smallest absolute Gasteiger partial charge is 0.325 e. The van der Waals surface area contributed by atoms with Crippen LogP contribution in [-0.4, -0.2) is 24.6 Å². The van der Waals surface area contributed by atoms with E-state index in [2.05, 4.69) is 24.3 Å². The monoisotopic (exact) mass is 358 g/mol. The Morgan fingerprint density at radius 2 is 1.52 bits per heavy atom. The summed E-state index contributed by atoms with van der Waals surface area (Å²) < 4.78 is 5.26. The normalized spacial score (nSPS) is 16.6. The van der Waals surface area contributed by atoms with Gasteiger partial charge in [-0.05, 0) is 35.4 Å². The van der Waals surface area contributed by atoms with Crippen molar-refractivity contribution in [3.8, 4) is 5.75 Å². The van der Waals surface area contributed by atoms with Gasteiger partial charge in [0.05, 0.1) is 13.2 Å². The van der Waals surface area contributed by atoms with E-state index in [4.69, 9.17) is 4.74 Å². The fourth-order valence-corrected chi connectivity index (χ4v) is 3.55. The van der Waals surface area contributed by atoms with Crippen LogP contribution < -0.4 is 9.64 Å². The summed E-state index contributed by atoms with van der Waals surface area (Å²) in [7, 11) is 1.64. The van der Waals surface area contributed by atoms with Gasteiger partial charge >= 0.3 is 6.03 Å². The third-order valence-corrected chi connectivity index (χ3v) is 4.93. The van der Waals surface area contributed by atoms with Gasteiger partial charge in [0, 0.05) is 18.8 Å². The minimum absolute atomic E-state index is 0.0178. The summed E-state index contributed by atoms with van der Waals surface area (Å²) in [4.78, 5) is 17.1. The zero-order valence-electron chi connectivity index (χ0n) is 15.3. The van der Waals surface area contributed by atoms with Crippen LogP contribution >= 0.6 is 0 Å². The molecular weight excluding hydrogens is 336 g/mol. The zero-order valence-corrected chi connectivity index (χ0v) is 15.3. The van der Waals surface area contributed by atoms with Crippen molar-refractivity contribution < 1.29 is 9.53 Å². The van der Waals surface area contributed by atoms with E-state index < -0.39 is 0 Å². The van der Waals surface area contributed by atoms with Gasteiger partial charge in [0.2, 0.25) is 0 Å². The molecule has 1 aliphatic heterocycles. The third-order valence-electron chi connectivity index (χ3n) is 4.93. The molecule has 136 valence electrons. The lowest BCUT2D eigenvalue weighted by atomic mass is 10.1. The highest BCUT2D eigenvalue weighted by molar-refractivity contribution is 5.95. The van der Waals surface area contributed by atoms with Crippen molar-refractivity contribution in [1.82, 2.24) is 4.90 Å². The molecule has 0 N–H and O–H groups in total. The summed E-state index contributed by atoms with van der Waals surface area (Å²) in [5.74, 6) is 0.780. The molecule has 0 aliphatic carbocycles. The Kier molecular flexibility index (Phi) is 4.79. The van der Waals surface area contributed by atoms with Gasteiger partial charge in [-0.25, -0.2) is 4.79 Å². The molecule has 2 amide bonds. The predicted octanol–water partition coefficient (Wildman–Crippen LogP) is 4.88. The summed E-state index contributed by atoms with van der Waals surface area (Å²) in [5.41, 5.74) is 3.15. The van der Waals surface area contributed by atoms with Gasteiger partial charge in [-0.15, -0.1) is 0 Å². The highest BCUT2D eigenvalue weighted by Crippen LogP contribution is 2.35. The van der Waals surface area contributed by atoms with E-state index in [-0.39, 0.29) is 12.1 Å². The maximum Gasteiger partial charge on any atom is 0.325 e. The van der Waals surface area contributed by atoms with Gasteiger partial charge < -0.3 is 9.64 Å². The molecule has 0 spiro atoms. The Balaban J connectivity index is 1.67. The average Bonchev–Trinajstić information content (AvgIpc) is 3.05. The lowest BCUT2D eigenvalue weighted by Crippen LogP contribution is -2.32. The predicted molar refractivity (Wildman–Crippen MR) is 107 cm³/mol. The first kappa shape index (κ1) is 17.2. The van der Waals surface area contributed by atoms with E-state index in [1.807, 2.05) is 70.5 Å². The van der Waals surface area contributed by atoms with Crippen LogP contribution in [0, 0.1) is 0 Å². The molecule has 1 aliphatic rings. The van der Waals surface area contributed by atoms with Crippen LogP contribution in [0.15, 0.2) is 84.9 Å². The number of carbonyl (C=O) groups excluding carboxylic acids is 1. The number of amides is 2. The van der Waals surface area contributed by atoms with Gasteiger partial charge in [-0.2, -0.15) is 0 Å². The molecule has 1 fully saturated rings. The van der Waals surface area contributed by atoms with Crippen molar-refractivity contribution >= 4 is 11.7 Å². The summed E-state index contributed by atoms with van der Waals surface area (Å²) in [5, 5.41) is 0. The standard InChI is InChI=1S/C23H22N2O2/c1-27-21-14-12-20(13-15-21)25-22(19-10-6-3-7-11-19)17-24(23(25)26)16-18-8-4-2-5-9-18/h2-15,22H,16-17H2,1H3. The summed E-state index contributed by atoms with van der Waals surface area (Å²) in [6.45, 7) is 1.26. The molecule has 1 saturated heterocycles. The van der Waals surface area contributed by atoms with Gasteiger partial charge in [-0.3, -0.25) is 4.90 Å². The molecule has 3 aromatic rings. The molecule has 0 aromatic heterocycles. The lowest BCUT2D eigenvalue weighted by molar-refractivity contribution is 0.218. The first-order chi connectivity index (χ1) is 13.3. The largest absolute Gasteiger partial charge is 0.497 e. The van der Waals surface area contributed by atoms with Gasteiger partial charge in [0.15, 0.2) is 0 Å². The van der Waals surface area contributed by atoms with E-state index in [1.54, 1.807) is 7.11 Å². The number of ether oxygens (including phenoxy) is 1. The maximum atomic E-state index is 13.3. The molecule has 4 rings (SSSR count). The lowest BCUT2D eigenvalue weighted by Gasteiger charge is -2.24. The van der Waals surface area contributed by atoms with Crippen molar-refractivity contribution in [2.75, 3.05) is 18.6 Å². The Hall–Kier alpha value is -3.27. The zero-order chi connectivity index (χ0) is 18.6. The number of rotatable bonds is 5. The number of hydrogen-bond acceptors (Lipinski definition) is 2. The molecule has 4 heteroatoms. The number of hydrogen-bond donors (Lipinski definition) is 0. The van der Waals surface area contributed by atoms with Crippen LogP contribution in [0.5, 0.6) is 5.75 Å². The second-order valence-electron chi connectivity index (χ2n) is 6.64. The van der Waals surface area contributed by atoms with E-state index >= 15 is 0 Å². The number of urea groups is 1. The molecule has 0 saturated carbocycles. The van der Waals surface area contributed by atoms with E-state index in [9.17, 15) is 4.79 Å². The summed E-state index contributed by atoms with van der Waals surface area (Å²) in [6.07, 6.45) is 0. The van der Waals surface area contributed by atoms with Gasteiger partial charge in [0.25, 0.3) is 0 Å². The number of anilines is 1. The van der Waals surface area contributed by atoms with Crippen molar-refractivity contribution in [2.24, 2.45) is 0 Å². The van der Waals surface area contributed by atoms with Crippen LogP contribution in [0.2, 0.25) is 0 Å². The molecule has 1 unspecified atom stereocenters. The minimum Gasteiger partial charge on any atom is -0.497 e. The van der Waals surface area contributed by atoms with E-state index in [1.165, 1.54) is 0 Å². The second-order valence-corrected chi connectivity index (χ2v) is 6.64. The molecule has 1 heterocycles. The highest BCUT2D eigenvalue weighted by Gasteiger charge is 2.38. The molecule has 4 nitrogen and oxygen atoms in total. The van der Waals surface area contributed by atoms with Crippen molar-refractivity contribution in [3.63, 3.8) is 0 Å². The topological polar surface area (TPSA) is 32.8 Å². The highest BCUT2D eigenvalue weighted by atomic mass is 16.5. The molecule has 3 aromatic carbocycles. The molecule has 27 heavy (non-hydrogen) atoms. The molecule has 1 atom stereocenters. The fourth-order valence-electron chi connectivity index (χ4n) is 3.55. The van der Waals surface area contributed by atoms with E-state index in [0.717, 1.165) is 22.6 Å². The molecular formula is C23H22N2O2. The van der Waals surface area contributed by atoms with E-state index in [0.29, 0.717) is 13.1 Å². The number of methoxy groups -OCH3 is 1. The number of benzene rings is 3. The first-order valence-corrected chi connectivity index (χ1v) is 9.07. The second kappa shape index (κ2) is 7.54. The number of carbonyl (C=O) groups is 1. The third kappa shape index (κ3) is 3.51. The summed E-state index contributed by atoms with van der Waals surface area (Å²) >= 11 is 0. The average molecular weight is 358 g/mol. The van der Waals surface area contributed by atoms with Crippen molar-refractivity contribution in [1.29, 1.82) is 0 Å². The van der Waals surface area contributed by atoms with Crippen LogP contribution in [-0.2, 0) is 6.54 Å². The molecule has 0 bridgehead atoms. The van der Waals surface area contributed by atoms with Crippen molar-refractivity contribution in [3.05, 3.63) is 96.1 Å². The SMILES string of the molecule is COc1ccc(N2C(=O)N(Cc3ccccc3)CC2c2ccccc2)cc1. The summed E-state index contributed by atoms with van der Waals surface area (Å²) in [6, 6.07) is 28.0. The molecule has 0 radical (unpaired) electrons. The fraction of sp³-hybridized carbons (Fsp3) is 0.174. The first-order valence-electron chi connectivity index (χ1n) is 9.07.